The van der Waals surface area contributed by atoms with Gasteiger partial charge in [-0.05, 0) is 64.1 Å². The van der Waals surface area contributed by atoms with Crippen molar-refractivity contribution in [3.05, 3.63) is 60.8 Å². The SMILES string of the molecule is C[C@H](NS(=O)(=O)c1ccc(Oc2cccc3cccnc23)cc1)C(=O)NC(C)(C)C. The minimum absolute atomic E-state index is 0.0429. The highest BCUT2D eigenvalue weighted by atomic mass is 32.2. The molecule has 7 nitrogen and oxygen atoms in total. The van der Waals surface area contributed by atoms with Crippen molar-refractivity contribution < 1.29 is 17.9 Å². The van der Waals surface area contributed by atoms with Crippen LogP contribution in [0.2, 0.25) is 0 Å². The summed E-state index contributed by atoms with van der Waals surface area (Å²) in [6.07, 6.45) is 1.69. The lowest BCUT2D eigenvalue weighted by Crippen LogP contribution is -2.50. The number of hydrogen-bond acceptors (Lipinski definition) is 5. The second-order valence-electron chi connectivity index (χ2n) is 7.99. The number of benzene rings is 2. The van der Waals surface area contributed by atoms with Crippen LogP contribution in [0, 0.1) is 0 Å². The van der Waals surface area contributed by atoms with Gasteiger partial charge in [-0.1, -0.05) is 18.2 Å². The fourth-order valence-corrected chi connectivity index (χ4v) is 4.01. The Kier molecular flexibility index (Phi) is 6.09. The Hall–Kier alpha value is -2.97. The molecular weight excluding hydrogens is 402 g/mol. The summed E-state index contributed by atoms with van der Waals surface area (Å²) in [4.78, 5) is 16.6. The van der Waals surface area contributed by atoms with Crippen LogP contribution in [0.15, 0.2) is 65.7 Å². The van der Waals surface area contributed by atoms with Crippen molar-refractivity contribution in [3.63, 3.8) is 0 Å². The lowest BCUT2D eigenvalue weighted by atomic mass is 10.1. The summed E-state index contributed by atoms with van der Waals surface area (Å²) in [6.45, 7) is 6.99. The van der Waals surface area contributed by atoms with Crippen LogP contribution in [0.1, 0.15) is 27.7 Å². The minimum atomic E-state index is -3.86. The first kappa shape index (κ1) is 21.7. The molecule has 0 bridgehead atoms. The van der Waals surface area contributed by atoms with Crippen molar-refractivity contribution in [3.8, 4) is 11.5 Å². The summed E-state index contributed by atoms with van der Waals surface area (Å²) in [6, 6.07) is 14.5. The second-order valence-corrected chi connectivity index (χ2v) is 9.70. The molecule has 2 N–H and O–H groups in total. The molecule has 158 valence electrons. The van der Waals surface area contributed by atoms with Crippen molar-refractivity contribution in [1.29, 1.82) is 0 Å². The minimum Gasteiger partial charge on any atom is -0.455 e. The van der Waals surface area contributed by atoms with Crippen molar-refractivity contribution in [2.45, 2.75) is 44.2 Å². The van der Waals surface area contributed by atoms with Gasteiger partial charge >= 0.3 is 0 Å². The molecule has 0 aliphatic heterocycles. The van der Waals surface area contributed by atoms with Crippen LogP contribution < -0.4 is 14.8 Å². The first-order chi connectivity index (χ1) is 14.0. The number of hydrogen-bond donors (Lipinski definition) is 2. The highest BCUT2D eigenvalue weighted by Crippen LogP contribution is 2.28. The van der Waals surface area contributed by atoms with Gasteiger partial charge in [-0.3, -0.25) is 9.78 Å². The highest BCUT2D eigenvalue weighted by molar-refractivity contribution is 7.89. The molecule has 2 aromatic carbocycles. The van der Waals surface area contributed by atoms with Crippen molar-refractivity contribution in [1.82, 2.24) is 15.0 Å². The summed E-state index contributed by atoms with van der Waals surface area (Å²) in [5, 5.41) is 3.70. The van der Waals surface area contributed by atoms with Crippen LogP contribution in [0.3, 0.4) is 0 Å². The maximum atomic E-state index is 12.6. The number of pyridine rings is 1. The van der Waals surface area contributed by atoms with Crippen molar-refractivity contribution >= 4 is 26.8 Å². The maximum Gasteiger partial charge on any atom is 0.241 e. The number of para-hydroxylation sites is 1. The number of amides is 1. The molecular formula is C22H25N3O4S. The monoisotopic (exact) mass is 427 g/mol. The molecule has 1 atom stereocenters. The average molecular weight is 428 g/mol. The Balaban J connectivity index is 1.73. The highest BCUT2D eigenvalue weighted by Gasteiger charge is 2.24. The van der Waals surface area contributed by atoms with E-state index in [9.17, 15) is 13.2 Å². The van der Waals surface area contributed by atoms with Gasteiger partial charge in [0.1, 0.15) is 11.3 Å². The van der Waals surface area contributed by atoms with Crippen molar-refractivity contribution in [2.75, 3.05) is 0 Å². The largest absolute Gasteiger partial charge is 0.455 e. The molecule has 0 saturated carbocycles. The van der Waals surface area contributed by atoms with Gasteiger partial charge in [-0.15, -0.1) is 0 Å². The van der Waals surface area contributed by atoms with E-state index in [0.29, 0.717) is 11.5 Å². The van der Waals surface area contributed by atoms with Gasteiger partial charge in [0, 0.05) is 17.1 Å². The molecule has 0 aliphatic carbocycles. The molecule has 0 saturated heterocycles. The van der Waals surface area contributed by atoms with Gasteiger partial charge in [-0.25, -0.2) is 8.42 Å². The number of rotatable bonds is 6. The van der Waals surface area contributed by atoms with Crippen molar-refractivity contribution in [2.24, 2.45) is 0 Å². The number of sulfonamides is 1. The molecule has 0 unspecified atom stereocenters. The number of carbonyl (C=O) groups is 1. The smallest absolute Gasteiger partial charge is 0.241 e. The normalized spacial score (nSPS) is 13.1. The van der Waals surface area contributed by atoms with E-state index in [0.717, 1.165) is 10.9 Å². The van der Waals surface area contributed by atoms with E-state index < -0.39 is 27.5 Å². The lowest BCUT2D eigenvalue weighted by Gasteiger charge is -2.23. The summed E-state index contributed by atoms with van der Waals surface area (Å²) in [5.41, 5.74) is 0.267. The molecule has 3 aromatic rings. The first-order valence-electron chi connectivity index (χ1n) is 9.51. The number of carbonyl (C=O) groups excluding carboxylic acids is 1. The second kappa shape index (κ2) is 8.41. The number of ether oxygens (including phenoxy) is 1. The third kappa shape index (κ3) is 5.34. The lowest BCUT2D eigenvalue weighted by molar-refractivity contribution is -0.123. The summed E-state index contributed by atoms with van der Waals surface area (Å²) >= 11 is 0. The quantitative estimate of drug-likeness (QED) is 0.626. The summed E-state index contributed by atoms with van der Waals surface area (Å²) < 4.78 is 33.5. The Morgan fingerprint density at radius 3 is 2.37 bits per heavy atom. The molecule has 30 heavy (non-hydrogen) atoms. The predicted octanol–water partition coefficient (Wildman–Crippen LogP) is 3.61. The maximum absolute atomic E-state index is 12.6. The molecule has 0 radical (unpaired) electrons. The van der Waals surface area contributed by atoms with E-state index >= 15 is 0 Å². The third-order valence-electron chi connectivity index (χ3n) is 4.18. The van der Waals surface area contributed by atoms with Crippen LogP contribution >= 0.6 is 0 Å². The standard InChI is InChI=1S/C22H25N3O4S/c1-15(21(26)24-22(2,3)4)25-30(27,28)18-12-10-17(11-13-18)29-19-9-5-7-16-8-6-14-23-20(16)19/h5-15,25H,1-4H3,(H,24,26)/t15-/m0/s1. The van der Waals surface area contributed by atoms with Crippen LogP contribution in [0.25, 0.3) is 10.9 Å². The Morgan fingerprint density at radius 2 is 1.70 bits per heavy atom. The van der Waals surface area contributed by atoms with Gasteiger partial charge in [-0.2, -0.15) is 4.72 Å². The number of fused-ring (bicyclic) bond motifs is 1. The fraction of sp³-hybridized carbons (Fsp3) is 0.273. The predicted molar refractivity (Wildman–Crippen MR) is 116 cm³/mol. The molecule has 1 heterocycles. The molecule has 1 amide bonds. The van der Waals surface area contributed by atoms with Gasteiger partial charge < -0.3 is 10.1 Å². The van der Waals surface area contributed by atoms with Crippen LogP contribution in [-0.4, -0.2) is 30.9 Å². The molecule has 0 aliphatic rings. The first-order valence-corrected chi connectivity index (χ1v) is 11.0. The third-order valence-corrected chi connectivity index (χ3v) is 5.74. The van der Waals surface area contributed by atoms with Crippen LogP contribution in [0.4, 0.5) is 0 Å². The van der Waals surface area contributed by atoms with Crippen LogP contribution in [-0.2, 0) is 14.8 Å². The molecule has 3 rings (SSSR count). The molecule has 8 heteroatoms. The molecule has 1 aromatic heterocycles. The summed E-state index contributed by atoms with van der Waals surface area (Å²) in [7, 11) is -3.86. The van der Waals surface area contributed by atoms with Gasteiger partial charge in [0.15, 0.2) is 5.75 Å². The van der Waals surface area contributed by atoms with E-state index in [2.05, 4.69) is 15.0 Å². The van der Waals surface area contributed by atoms with Crippen LogP contribution in [0.5, 0.6) is 11.5 Å². The van der Waals surface area contributed by atoms with E-state index in [-0.39, 0.29) is 4.90 Å². The molecule has 0 fully saturated rings. The number of nitrogens with zero attached hydrogens (tertiary/aromatic N) is 1. The van der Waals surface area contributed by atoms with Gasteiger partial charge in [0.25, 0.3) is 0 Å². The zero-order valence-corrected chi connectivity index (χ0v) is 18.2. The average Bonchev–Trinajstić information content (AvgIpc) is 2.67. The fourth-order valence-electron chi connectivity index (χ4n) is 2.80. The van der Waals surface area contributed by atoms with E-state index in [1.165, 1.54) is 19.1 Å². The van der Waals surface area contributed by atoms with Gasteiger partial charge in [0.05, 0.1) is 10.9 Å². The zero-order chi connectivity index (χ0) is 21.9. The summed E-state index contributed by atoms with van der Waals surface area (Å²) in [5.74, 6) is 0.661. The Morgan fingerprint density at radius 1 is 1.03 bits per heavy atom. The van der Waals surface area contributed by atoms with E-state index in [1.54, 1.807) is 24.4 Å². The zero-order valence-electron chi connectivity index (χ0n) is 17.3. The van der Waals surface area contributed by atoms with E-state index in [1.807, 2.05) is 45.0 Å². The van der Waals surface area contributed by atoms with Gasteiger partial charge in [0.2, 0.25) is 15.9 Å². The topological polar surface area (TPSA) is 97.4 Å². The number of nitrogens with one attached hydrogen (secondary N) is 2. The van der Waals surface area contributed by atoms with E-state index in [4.69, 9.17) is 4.74 Å². The number of aromatic nitrogens is 1. The Labute approximate surface area is 176 Å². The Bertz CT molecular complexity index is 1150. The molecule has 0 spiro atoms.